The maximum Gasteiger partial charge on any atom is 0.259 e. The van der Waals surface area contributed by atoms with Gasteiger partial charge in [0.2, 0.25) is 0 Å². The zero-order chi connectivity index (χ0) is 15.2. The van der Waals surface area contributed by atoms with Gasteiger partial charge in [0.25, 0.3) is 5.91 Å². The minimum atomic E-state index is -0.703. The Balaban J connectivity index is 2.17. The molecule has 2 aromatic rings. The lowest BCUT2D eigenvalue weighted by molar-refractivity contribution is 0.102. The fourth-order valence-electron chi connectivity index (χ4n) is 1.55. The highest BCUT2D eigenvalue weighted by Gasteiger charge is 2.12. The van der Waals surface area contributed by atoms with Gasteiger partial charge in [0.15, 0.2) is 0 Å². The average Bonchev–Trinajstić information content (AvgIpc) is 2.47. The first-order valence-electron chi connectivity index (χ1n) is 5.92. The van der Waals surface area contributed by atoms with Crippen LogP contribution >= 0.6 is 11.6 Å². The molecule has 4 nitrogen and oxygen atoms in total. The Labute approximate surface area is 125 Å². The summed E-state index contributed by atoms with van der Waals surface area (Å²) in [5, 5.41) is 11.5. The third-order valence-corrected chi connectivity index (χ3v) is 2.72. The van der Waals surface area contributed by atoms with Gasteiger partial charge in [-0.3, -0.25) is 4.79 Å². The summed E-state index contributed by atoms with van der Waals surface area (Å²) in [6.45, 7) is -0.313. The van der Waals surface area contributed by atoms with Crippen LogP contribution in [0.4, 0.5) is 10.2 Å². The van der Waals surface area contributed by atoms with E-state index in [-0.39, 0.29) is 18.0 Å². The predicted molar refractivity (Wildman–Crippen MR) is 77.6 cm³/mol. The number of halogens is 2. The van der Waals surface area contributed by atoms with Gasteiger partial charge in [0.1, 0.15) is 18.2 Å². The minimum absolute atomic E-state index is 0.124. The molecule has 0 atom stereocenters. The number of nitrogens with one attached hydrogen (secondary N) is 1. The molecule has 1 aromatic carbocycles. The van der Waals surface area contributed by atoms with Crippen molar-refractivity contribution in [1.82, 2.24) is 4.98 Å². The van der Waals surface area contributed by atoms with Crippen molar-refractivity contribution in [3.05, 3.63) is 58.5 Å². The number of aromatic nitrogens is 1. The summed E-state index contributed by atoms with van der Waals surface area (Å²) in [6.07, 6.45) is 1.38. The third kappa shape index (κ3) is 4.02. The summed E-state index contributed by atoms with van der Waals surface area (Å²) in [5.74, 6) is 3.91. The Morgan fingerprint density at radius 3 is 2.81 bits per heavy atom. The molecule has 2 N–H and O–H groups in total. The number of hydrogen-bond acceptors (Lipinski definition) is 3. The first-order valence-corrected chi connectivity index (χ1v) is 6.30. The van der Waals surface area contributed by atoms with Gasteiger partial charge in [0, 0.05) is 11.8 Å². The normalized spacial score (nSPS) is 9.67. The van der Waals surface area contributed by atoms with Gasteiger partial charge in [-0.15, -0.1) is 0 Å². The number of benzene rings is 1. The van der Waals surface area contributed by atoms with Crippen LogP contribution in [0.25, 0.3) is 0 Å². The topological polar surface area (TPSA) is 62.2 Å². The average molecular weight is 305 g/mol. The second kappa shape index (κ2) is 6.84. The molecular weight excluding hydrogens is 295 g/mol. The number of hydrogen-bond donors (Lipinski definition) is 2. The molecule has 1 aromatic heterocycles. The molecule has 2 rings (SSSR count). The summed E-state index contributed by atoms with van der Waals surface area (Å²) >= 11 is 5.68. The fourth-order valence-corrected chi connectivity index (χ4v) is 1.66. The lowest BCUT2D eigenvalue weighted by atomic mass is 10.1. The Kier molecular flexibility index (Phi) is 4.88. The second-order valence-electron chi connectivity index (χ2n) is 3.97. The number of nitrogens with zero attached hydrogens (tertiary/aromatic N) is 1. The lowest BCUT2D eigenvalue weighted by Gasteiger charge is -2.05. The van der Waals surface area contributed by atoms with Gasteiger partial charge in [-0.2, -0.15) is 0 Å². The maximum absolute atomic E-state index is 13.9. The van der Waals surface area contributed by atoms with Crippen LogP contribution in [0, 0.1) is 17.7 Å². The molecule has 0 aliphatic rings. The summed E-state index contributed by atoms with van der Waals surface area (Å²) in [5.41, 5.74) is 0.254. The van der Waals surface area contributed by atoms with Crippen molar-refractivity contribution in [1.29, 1.82) is 0 Å². The zero-order valence-electron chi connectivity index (χ0n) is 10.7. The van der Waals surface area contributed by atoms with Gasteiger partial charge in [-0.1, -0.05) is 23.4 Å². The number of pyridine rings is 1. The van der Waals surface area contributed by atoms with E-state index in [4.69, 9.17) is 16.7 Å². The molecule has 0 aliphatic carbocycles. The van der Waals surface area contributed by atoms with Crippen LogP contribution in [0.1, 0.15) is 15.9 Å². The van der Waals surface area contributed by atoms with E-state index in [2.05, 4.69) is 22.1 Å². The van der Waals surface area contributed by atoms with Crippen molar-refractivity contribution in [3.8, 4) is 11.8 Å². The van der Waals surface area contributed by atoms with E-state index in [1.165, 1.54) is 24.4 Å². The summed E-state index contributed by atoms with van der Waals surface area (Å²) in [7, 11) is 0. The van der Waals surface area contributed by atoms with Crippen LogP contribution < -0.4 is 5.32 Å². The fraction of sp³-hybridized carbons (Fsp3) is 0.0667. The zero-order valence-corrected chi connectivity index (χ0v) is 11.5. The molecule has 0 saturated carbocycles. The lowest BCUT2D eigenvalue weighted by Crippen LogP contribution is -2.14. The number of amides is 1. The van der Waals surface area contributed by atoms with Gasteiger partial charge < -0.3 is 10.4 Å². The second-order valence-corrected chi connectivity index (χ2v) is 4.41. The van der Waals surface area contributed by atoms with Crippen LogP contribution in [-0.4, -0.2) is 22.6 Å². The van der Waals surface area contributed by atoms with Crippen LogP contribution in [0.2, 0.25) is 5.02 Å². The largest absolute Gasteiger partial charge is 0.384 e. The molecule has 21 heavy (non-hydrogen) atoms. The molecular formula is C15H10ClFN2O2. The first-order chi connectivity index (χ1) is 10.1. The van der Waals surface area contributed by atoms with Gasteiger partial charge in [-0.25, -0.2) is 9.37 Å². The predicted octanol–water partition coefficient (Wildman–Crippen LogP) is 2.47. The number of carbonyl (C=O) groups is 1. The quantitative estimate of drug-likeness (QED) is 0.838. The monoisotopic (exact) mass is 304 g/mol. The van der Waals surface area contributed by atoms with E-state index in [1.807, 2.05) is 0 Å². The van der Waals surface area contributed by atoms with Crippen molar-refractivity contribution >= 4 is 23.3 Å². The van der Waals surface area contributed by atoms with E-state index in [0.29, 0.717) is 10.6 Å². The molecule has 0 bridgehead atoms. The van der Waals surface area contributed by atoms with Gasteiger partial charge >= 0.3 is 0 Å². The number of aliphatic hydroxyl groups excluding tert-OH is 1. The summed E-state index contributed by atoms with van der Waals surface area (Å²) in [4.78, 5) is 15.8. The number of aliphatic hydroxyl groups is 1. The van der Waals surface area contributed by atoms with Crippen LogP contribution in [0.3, 0.4) is 0 Å². The number of anilines is 1. The summed E-state index contributed by atoms with van der Waals surface area (Å²) in [6, 6.07) is 7.03. The van der Waals surface area contributed by atoms with E-state index in [1.54, 1.807) is 6.07 Å². The third-order valence-electron chi connectivity index (χ3n) is 2.49. The molecule has 1 heterocycles. The van der Waals surface area contributed by atoms with E-state index >= 15 is 0 Å². The standard InChI is InChI=1S/C15H10ClFN2O2/c16-11-4-6-14(18-9-11)19-15(21)12-5-3-10(2-1-7-20)8-13(12)17/h3-6,8-9,20H,7H2,(H,18,19,21). The molecule has 0 spiro atoms. The molecule has 6 heteroatoms. The molecule has 106 valence electrons. The van der Waals surface area contributed by atoms with Gasteiger partial charge in [0.05, 0.1) is 10.6 Å². The van der Waals surface area contributed by atoms with Crippen LogP contribution in [-0.2, 0) is 0 Å². The number of rotatable bonds is 2. The Morgan fingerprint density at radius 1 is 1.38 bits per heavy atom. The molecule has 0 radical (unpaired) electrons. The molecule has 0 unspecified atom stereocenters. The summed E-state index contributed by atoms with van der Waals surface area (Å²) < 4.78 is 13.9. The van der Waals surface area contributed by atoms with Crippen molar-refractivity contribution in [2.75, 3.05) is 11.9 Å². The van der Waals surface area contributed by atoms with E-state index in [9.17, 15) is 9.18 Å². The van der Waals surface area contributed by atoms with Crippen LogP contribution in [0.15, 0.2) is 36.5 Å². The highest BCUT2D eigenvalue weighted by Crippen LogP contribution is 2.14. The van der Waals surface area contributed by atoms with Crippen molar-refractivity contribution in [2.24, 2.45) is 0 Å². The molecule has 1 amide bonds. The Morgan fingerprint density at radius 2 is 2.19 bits per heavy atom. The Bertz CT molecular complexity index is 721. The highest BCUT2D eigenvalue weighted by molar-refractivity contribution is 6.30. The van der Waals surface area contributed by atoms with Crippen molar-refractivity contribution in [3.63, 3.8) is 0 Å². The van der Waals surface area contributed by atoms with Crippen molar-refractivity contribution < 1.29 is 14.3 Å². The van der Waals surface area contributed by atoms with E-state index < -0.39 is 11.7 Å². The number of carbonyl (C=O) groups excluding carboxylic acids is 1. The van der Waals surface area contributed by atoms with Crippen molar-refractivity contribution in [2.45, 2.75) is 0 Å². The van der Waals surface area contributed by atoms with E-state index in [0.717, 1.165) is 6.07 Å². The minimum Gasteiger partial charge on any atom is -0.384 e. The molecule has 0 saturated heterocycles. The first kappa shape index (κ1) is 15.0. The smallest absolute Gasteiger partial charge is 0.259 e. The SMILES string of the molecule is O=C(Nc1ccc(Cl)cn1)c1ccc(C#CCO)cc1F. The Hall–Kier alpha value is -2.42. The molecule has 0 aliphatic heterocycles. The molecule has 0 fully saturated rings. The van der Waals surface area contributed by atoms with Gasteiger partial charge in [-0.05, 0) is 30.3 Å². The van der Waals surface area contributed by atoms with Crippen LogP contribution in [0.5, 0.6) is 0 Å². The highest BCUT2D eigenvalue weighted by atomic mass is 35.5. The maximum atomic E-state index is 13.9.